The van der Waals surface area contributed by atoms with Crippen LogP contribution in [0.2, 0.25) is 0 Å². The first-order chi connectivity index (χ1) is 12.5. The number of thiazole rings is 1. The molecule has 26 heavy (non-hydrogen) atoms. The van der Waals surface area contributed by atoms with Gasteiger partial charge in [-0.2, -0.15) is 0 Å². The number of aryl methyl sites for hydroxylation is 2. The standard InChI is InChI=1S/C21H22N2O2S/c1-4-25-18-8-6-16(7-9-18)21-22-17(13-26-21)12-20(24)23-19-10-5-14(2)11-15(19)3/h5-11,13H,4,12H2,1-3H3,(H,23,24). The van der Waals surface area contributed by atoms with Crippen molar-refractivity contribution in [1.82, 2.24) is 4.98 Å². The van der Waals surface area contributed by atoms with Gasteiger partial charge in [0.25, 0.3) is 0 Å². The Morgan fingerprint density at radius 2 is 1.92 bits per heavy atom. The minimum Gasteiger partial charge on any atom is -0.494 e. The summed E-state index contributed by atoms with van der Waals surface area (Å²) in [6.07, 6.45) is 0.265. The Morgan fingerprint density at radius 3 is 2.62 bits per heavy atom. The molecule has 2 aromatic carbocycles. The van der Waals surface area contributed by atoms with Gasteiger partial charge in [-0.25, -0.2) is 4.98 Å². The maximum atomic E-state index is 12.3. The Kier molecular flexibility index (Phi) is 5.68. The largest absolute Gasteiger partial charge is 0.494 e. The molecule has 134 valence electrons. The van der Waals surface area contributed by atoms with Crippen LogP contribution in [0, 0.1) is 13.8 Å². The minimum absolute atomic E-state index is 0.0551. The third-order valence-electron chi connectivity index (χ3n) is 3.96. The number of carbonyl (C=O) groups excluding carboxylic acids is 1. The van der Waals surface area contributed by atoms with Crippen molar-refractivity contribution in [3.05, 3.63) is 64.7 Å². The highest BCUT2D eigenvalue weighted by Crippen LogP contribution is 2.26. The number of benzene rings is 2. The normalized spacial score (nSPS) is 10.6. The van der Waals surface area contributed by atoms with Crippen molar-refractivity contribution in [2.24, 2.45) is 0 Å². The number of aromatic nitrogens is 1. The number of hydrogen-bond donors (Lipinski definition) is 1. The van der Waals surface area contributed by atoms with Crippen molar-refractivity contribution >= 4 is 22.9 Å². The lowest BCUT2D eigenvalue weighted by Crippen LogP contribution is -2.15. The third kappa shape index (κ3) is 4.49. The maximum Gasteiger partial charge on any atom is 0.230 e. The van der Waals surface area contributed by atoms with Crippen molar-refractivity contribution in [1.29, 1.82) is 0 Å². The molecule has 1 amide bonds. The Bertz CT molecular complexity index is 901. The smallest absolute Gasteiger partial charge is 0.230 e. The van der Waals surface area contributed by atoms with E-state index in [2.05, 4.69) is 16.4 Å². The Morgan fingerprint density at radius 1 is 1.15 bits per heavy atom. The van der Waals surface area contributed by atoms with E-state index in [0.29, 0.717) is 6.61 Å². The van der Waals surface area contributed by atoms with Crippen LogP contribution in [0.4, 0.5) is 5.69 Å². The van der Waals surface area contributed by atoms with Crippen LogP contribution in [0.25, 0.3) is 10.6 Å². The number of nitrogens with one attached hydrogen (secondary N) is 1. The number of ether oxygens (including phenoxy) is 1. The van der Waals surface area contributed by atoms with Gasteiger partial charge in [0, 0.05) is 16.6 Å². The van der Waals surface area contributed by atoms with Gasteiger partial charge >= 0.3 is 0 Å². The lowest BCUT2D eigenvalue weighted by Gasteiger charge is -2.08. The molecule has 0 aliphatic rings. The van der Waals surface area contributed by atoms with Crippen LogP contribution in [-0.4, -0.2) is 17.5 Å². The van der Waals surface area contributed by atoms with Crippen LogP contribution >= 0.6 is 11.3 Å². The van der Waals surface area contributed by atoms with Gasteiger partial charge in [0.05, 0.1) is 18.7 Å². The number of nitrogens with zero attached hydrogens (tertiary/aromatic N) is 1. The van der Waals surface area contributed by atoms with Gasteiger partial charge in [0.2, 0.25) is 5.91 Å². The number of carbonyl (C=O) groups is 1. The fourth-order valence-electron chi connectivity index (χ4n) is 2.69. The molecular weight excluding hydrogens is 344 g/mol. The predicted octanol–water partition coefficient (Wildman–Crippen LogP) is 5.01. The molecule has 3 rings (SSSR count). The summed E-state index contributed by atoms with van der Waals surface area (Å²) in [5, 5.41) is 5.81. The molecule has 4 nitrogen and oxygen atoms in total. The molecule has 0 aliphatic carbocycles. The fourth-order valence-corrected chi connectivity index (χ4v) is 3.52. The van der Waals surface area contributed by atoms with E-state index >= 15 is 0 Å². The van der Waals surface area contributed by atoms with E-state index < -0.39 is 0 Å². The molecule has 1 heterocycles. The summed E-state index contributed by atoms with van der Waals surface area (Å²) in [5.41, 5.74) is 4.90. The molecule has 1 aromatic heterocycles. The average Bonchev–Trinajstić information content (AvgIpc) is 3.07. The zero-order valence-electron chi connectivity index (χ0n) is 15.2. The van der Waals surface area contributed by atoms with Gasteiger partial charge in [0.15, 0.2) is 0 Å². The number of anilines is 1. The third-order valence-corrected chi connectivity index (χ3v) is 4.90. The zero-order chi connectivity index (χ0) is 18.5. The molecular formula is C21H22N2O2S. The van der Waals surface area contributed by atoms with Crippen LogP contribution in [0.1, 0.15) is 23.7 Å². The molecule has 0 unspecified atom stereocenters. The van der Waals surface area contributed by atoms with Crippen molar-refractivity contribution < 1.29 is 9.53 Å². The predicted molar refractivity (Wildman–Crippen MR) is 107 cm³/mol. The van der Waals surface area contributed by atoms with E-state index in [1.165, 1.54) is 5.56 Å². The fraction of sp³-hybridized carbons (Fsp3) is 0.238. The van der Waals surface area contributed by atoms with E-state index in [1.54, 1.807) is 11.3 Å². The molecule has 0 bridgehead atoms. The summed E-state index contributed by atoms with van der Waals surface area (Å²) in [7, 11) is 0. The first kappa shape index (κ1) is 18.1. The Labute approximate surface area is 157 Å². The second-order valence-corrected chi connectivity index (χ2v) is 7.00. The van der Waals surface area contributed by atoms with Crippen molar-refractivity contribution in [3.63, 3.8) is 0 Å². The second-order valence-electron chi connectivity index (χ2n) is 6.14. The van der Waals surface area contributed by atoms with E-state index in [1.807, 2.05) is 62.5 Å². The zero-order valence-corrected chi connectivity index (χ0v) is 16.0. The van der Waals surface area contributed by atoms with Gasteiger partial charge < -0.3 is 10.1 Å². The van der Waals surface area contributed by atoms with Crippen LogP contribution in [0.3, 0.4) is 0 Å². The van der Waals surface area contributed by atoms with Gasteiger partial charge in [0.1, 0.15) is 10.8 Å². The topological polar surface area (TPSA) is 51.2 Å². The number of amides is 1. The minimum atomic E-state index is -0.0551. The first-order valence-corrected chi connectivity index (χ1v) is 9.48. The Hall–Kier alpha value is -2.66. The highest BCUT2D eigenvalue weighted by atomic mass is 32.1. The molecule has 0 saturated carbocycles. The van der Waals surface area contributed by atoms with Crippen LogP contribution < -0.4 is 10.1 Å². The van der Waals surface area contributed by atoms with E-state index in [9.17, 15) is 4.79 Å². The monoisotopic (exact) mass is 366 g/mol. The van der Waals surface area contributed by atoms with Crippen molar-refractivity contribution in [2.75, 3.05) is 11.9 Å². The summed E-state index contributed by atoms with van der Waals surface area (Å²) in [6.45, 7) is 6.65. The summed E-state index contributed by atoms with van der Waals surface area (Å²) in [6, 6.07) is 13.8. The van der Waals surface area contributed by atoms with Gasteiger partial charge in [-0.3, -0.25) is 4.79 Å². The average molecular weight is 366 g/mol. The summed E-state index contributed by atoms with van der Waals surface area (Å²) < 4.78 is 5.46. The lowest BCUT2D eigenvalue weighted by molar-refractivity contribution is -0.115. The summed E-state index contributed by atoms with van der Waals surface area (Å²) in [4.78, 5) is 16.9. The molecule has 0 spiro atoms. The molecule has 0 atom stereocenters. The molecule has 0 radical (unpaired) electrons. The van der Waals surface area contributed by atoms with Crippen molar-refractivity contribution in [2.45, 2.75) is 27.2 Å². The molecule has 0 aliphatic heterocycles. The molecule has 5 heteroatoms. The quantitative estimate of drug-likeness (QED) is 0.667. The number of rotatable bonds is 6. The molecule has 1 N–H and O–H groups in total. The first-order valence-electron chi connectivity index (χ1n) is 8.60. The summed E-state index contributed by atoms with van der Waals surface area (Å²) in [5.74, 6) is 0.793. The summed E-state index contributed by atoms with van der Waals surface area (Å²) >= 11 is 1.54. The van der Waals surface area contributed by atoms with E-state index in [-0.39, 0.29) is 12.3 Å². The van der Waals surface area contributed by atoms with Crippen LogP contribution in [0.15, 0.2) is 47.8 Å². The highest BCUT2D eigenvalue weighted by molar-refractivity contribution is 7.13. The van der Waals surface area contributed by atoms with Gasteiger partial charge in [-0.05, 0) is 56.7 Å². The Balaban J connectivity index is 1.65. The van der Waals surface area contributed by atoms with Crippen LogP contribution in [-0.2, 0) is 11.2 Å². The van der Waals surface area contributed by atoms with E-state index in [4.69, 9.17) is 4.74 Å². The lowest BCUT2D eigenvalue weighted by atomic mass is 10.1. The maximum absolute atomic E-state index is 12.3. The van der Waals surface area contributed by atoms with E-state index in [0.717, 1.165) is 33.3 Å². The number of hydrogen-bond acceptors (Lipinski definition) is 4. The van der Waals surface area contributed by atoms with Crippen molar-refractivity contribution in [3.8, 4) is 16.3 Å². The molecule has 0 fully saturated rings. The molecule has 3 aromatic rings. The van der Waals surface area contributed by atoms with Gasteiger partial charge in [-0.1, -0.05) is 17.7 Å². The second kappa shape index (κ2) is 8.15. The molecule has 0 saturated heterocycles. The van der Waals surface area contributed by atoms with Gasteiger partial charge in [-0.15, -0.1) is 11.3 Å². The highest BCUT2D eigenvalue weighted by Gasteiger charge is 2.10. The van der Waals surface area contributed by atoms with Crippen LogP contribution in [0.5, 0.6) is 5.75 Å². The SMILES string of the molecule is CCOc1ccc(-c2nc(CC(=O)Nc3ccc(C)cc3C)cs2)cc1.